The summed E-state index contributed by atoms with van der Waals surface area (Å²) in [4.78, 5) is 0. The molecule has 3 aliphatic rings. The fourth-order valence-electron chi connectivity index (χ4n) is 2.98. The Balaban J connectivity index is 2.06. The number of hydrogen-bond donors (Lipinski definition) is 0. The molecule has 12 heavy (non-hydrogen) atoms. The van der Waals surface area contributed by atoms with E-state index in [9.17, 15) is 0 Å². The molecule has 3 aliphatic carbocycles. The maximum atomic E-state index is 2.32. The van der Waals surface area contributed by atoms with Gasteiger partial charge >= 0.3 is 0 Å². The van der Waals surface area contributed by atoms with Crippen LogP contribution in [-0.4, -0.2) is 0 Å². The van der Waals surface area contributed by atoms with Crippen molar-refractivity contribution in [3.05, 3.63) is 35.4 Å². The fraction of sp³-hybridized carbons (Fsp3) is 0.500. The SMILES string of the molecule is Cc1ccccc1C12CC(C1)C2. The Morgan fingerprint density at radius 3 is 2.33 bits per heavy atom. The molecule has 3 fully saturated rings. The highest BCUT2D eigenvalue weighted by atomic mass is 14.6. The molecule has 0 heterocycles. The lowest BCUT2D eigenvalue weighted by atomic mass is 9.42. The fourth-order valence-corrected chi connectivity index (χ4v) is 2.98. The molecule has 0 amide bonds. The molecule has 0 saturated heterocycles. The van der Waals surface area contributed by atoms with Crippen LogP contribution in [-0.2, 0) is 5.41 Å². The van der Waals surface area contributed by atoms with E-state index in [1.165, 1.54) is 24.8 Å². The lowest BCUT2D eigenvalue weighted by molar-refractivity contribution is -0.0278. The van der Waals surface area contributed by atoms with Crippen LogP contribution in [0.5, 0.6) is 0 Å². The normalized spacial score (nSPS) is 36.9. The Hall–Kier alpha value is -0.780. The molecular weight excluding hydrogens is 144 g/mol. The van der Waals surface area contributed by atoms with Crippen LogP contribution >= 0.6 is 0 Å². The summed E-state index contributed by atoms with van der Waals surface area (Å²) in [6, 6.07) is 8.90. The molecule has 0 spiro atoms. The van der Waals surface area contributed by atoms with Crippen LogP contribution < -0.4 is 0 Å². The zero-order valence-corrected chi connectivity index (χ0v) is 7.51. The summed E-state index contributed by atoms with van der Waals surface area (Å²) in [6.07, 6.45) is 4.41. The summed E-state index contributed by atoms with van der Waals surface area (Å²) in [6.45, 7) is 2.25. The second-order valence-electron chi connectivity index (χ2n) is 4.57. The van der Waals surface area contributed by atoms with E-state index in [1.807, 2.05) is 0 Å². The minimum Gasteiger partial charge on any atom is -0.0620 e. The highest BCUT2D eigenvalue weighted by Gasteiger charge is 2.57. The zero-order chi connectivity index (χ0) is 8.18. The van der Waals surface area contributed by atoms with E-state index in [4.69, 9.17) is 0 Å². The van der Waals surface area contributed by atoms with Gasteiger partial charge in [0.05, 0.1) is 0 Å². The summed E-state index contributed by atoms with van der Waals surface area (Å²) in [5.74, 6) is 1.09. The average molecular weight is 158 g/mol. The van der Waals surface area contributed by atoms with Crippen molar-refractivity contribution >= 4 is 0 Å². The van der Waals surface area contributed by atoms with Gasteiger partial charge in [-0.15, -0.1) is 0 Å². The van der Waals surface area contributed by atoms with E-state index in [0.29, 0.717) is 5.41 Å². The number of aryl methyl sites for hydroxylation is 1. The summed E-state index contributed by atoms with van der Waals surface area (Å²) < 4.78 is 0. The van der Waals surface area contributed by atoms with Crippen LogP contribution in [0.1, 0.15) is 30.4 Å². The molecule has 62 valence electrons. The van der Waals surface area contributed by atoms with Gasteiger partial charge in [-0.2, -0.15) is 0 Å². The highest BCUT2D eigenvalue weighted by molar-refractivity contribution is 5.40. The molecule has 1 aromatic carbocycles. The monoisotopic (exact) mass is 158 g/mol. The smallest absolute Gasteiger partial charge is 0.00364 e. The first-order chi connectivity index (χ1) is 5.80. The molecule has 0 nitrogen and oxygen atoms in total. The van der Waals surface area contributed by atoms with Crippen LogP contribution in [0, 0.1) is 12.8 Å². The molecule has 0 aliphatic heterocycles. The molecule has 0 heteroatoms. The first-order valence-corrected chi connectivity index (χ1v) is 4.86. The van der Waals surface area contributed by atoms with Gasteiger partial charge in [0.15, 0.2) is 0 Å². The first-order valence-electron chi connectivity index (χ1n) is 4.86. The minimum atomic E-state index is 0.649. The maximum absolute atomic E-state index is 2.32. The minimum absolute atomic E-state index is 0.649. The third kappa shape index (κ3) is 0.639. The van der Waals surface area contributed by atoms with Crippen molar-refractivity contribution in [2.45, 2.75) is 31.6 Å². The molecule has 3 saturated carbocycles. The molecule has 2 bridgehead atoms. The van der Waals surface area contributed by atoms with Gasteiger partial charge in [0.2, 0.25) is 0 Å². The van der Waals surface area contributed by atoms with E-state index >= 15 is 0 Å². The van der Waals surface area contributed by atoms with Crippen molar-refractivity contribution in [2.24, 2.45) is 5.92 Å². The Kier molecular flexibility index (Phi) is 1.08. The van der Waals surface area contributed by atoms with E-state index in [1.54, 1.807) is 5.56 Å². The third-order valence-electron chi connectivity index (χ3n) is 3.75. The highest BCUT2D eigenvalue weighted by Crippen LogP contribution is 2.65. The summed E-state index contributed by atoms with van der Waals surface area (Å²) in [7, 11) is 0. The maximum Gasteiger partial charge on any atom is -0.00364 e. The van der Waals surface area contributed by atoms with Crippen molar-refractivity contribution < 1.29 is 0 Å². The molecular formula is C12H14. The lowest BCUT2D eigenvalue weighted by Gasteiger charge is -2.62. The van der Waals surface area contributed by atoms with E-state index in [2.05, 4.69) is 31.2 Å². The van der Waals surface area contributed by atoms with Gasteiger partial charge in [-0.3, -0.25) is 0 Å². The zero-order valence-electron chi connectivity index (χ0n) is 7.51. The van der Waals surface area contributed by atoms with E-state index in [0.717, 1.165) is 5.92 Å². The van der Waals surface area contributed by atoms with Crippen molar-refractivity contribution in [1.29, 1.82) is 0 Å². The molecule has 0 N–H and O–H groups in total. The predicted molar refractivity (Wildman–Crippen MR) is 50.2 cm³/mol. The Morgan fingerprint density at radius 2 is 1.83 bits per heavy atom. The predicted octanol–water partition coefficient (Wildman–Crippen LogP) is 3.05. The van der Waals surface area contributed by atoms with Crippen LogP contribution in [0.15, 0.2) is 24.3 Å². The second kappa shape index (κ2) is 1.93. The Bertz CT molecular complexity index is 308. The molecule has 0 atom stereocenters. The van der Waals surface area contributed by atoms with E-state index < -0.39 is 0 Å². The first kappa shape index (κ1) is 6.71. The topological polar surface area (TPSA) is 0 Å². The second-order valence-corrected chi connectivity index (χ2v) is 4.57. The van der Waals surface area contributed by atoms with E-state index in [-0.39, 0.29) is 0 Å². The van der Waals surface area contributed by atoms with Gasteiger partial charge < -0.3 is 0 Å². The van der Waals surface area contributed by atoms with Gasteiger partial charge in [-0.05, 0) is 48.6 Å². The summed E-state index contributed by atoms with van der Waals surface area (Å²) >= 11 is 0. The van der Waals surface area contributed by atoms with Crippen molar-refractivity contribution in [3.8, 4) is 0 Å². The number of hydrogen-bond acceptors (Lipinski definition) is 0. The van der Waals surface area contributed by atoms with Gasteiger partial charge in [0, 0.05) is 0 Å². The quantitative estimate of drug-likeness (QED) is 0.589. The van der Waals surface area contributed by atoms with Gasteiger partial charge in [-0.25, -0.2) is 0 Å². The van der Waals surface area contributed by atoms with Gasteiger partial charge in [-0.1, -0.05) is 24.3 Å². The molecule has 0 unspecified atom stereocenters. The third-order valence-corrected chi connectivity index (χ3v) is 3.75. The summed E-state index contributed by atoms with van der Waals surface area (Å²) in [5.41, 5.74) is 3.78. The van der Waals surface area contributed by atoms with Crippen LogP contribution in [0.25, 0.3) is 0 Å². The van der Waals surface area contributed by atoms with Crippen LogP contribution in [0.3, 0.4) is 0 Å². The van der Waals surface area contributed by atoms with Gasteiger partial charge in [0.25, 0.3) is 0 Å². The van der Waals surface area contributed by atoms with Crippen molar-refractivity contribution in [3.63, 3.8) is 0 Å². The number of rotatable bonds is 1. The van der Waals surface area contributed by atoms with Crippen molar-refractivity contribution in [1.82, 2.24) is 0 Å². The molecule has 0 radical (unpaired) electrons. The molecule has 1 aromatic rings. The van der Waals surface area contributed by atoms with Gasteiger partial charge in [0.1, 0.15) is 0 Å². The Labute approximate surface area is 73.6 Å². The lowest BCUT2D eigenvalue weighted by Crippen LogP contribution is -2.55. The van der Waals surface area contributed by atoms with Crippen LogP contribution in [0.4, 0.5) is 0 Å². The largest absolute Gasteiger partial charge is 0.0620 e. The summed E-state index contributed by atoms with van der Waals surface area (Å²) in [5, 5.41) is 0. The molecule has 0 aromatic heterocycles. The molecule has 4 rings (SSSR count). The Morgan fingerprint density at radius 1 is 1.17 bits per heavy atom. The average Bonchev–Trinajstić information content (AvgIpc) is 1.87. The van der Waals surface area contributed by atoms with Crippen LogP contribution in [0.2, 0.25) is 0 Å². The number of benzene rings is 1. The standard InChI is InChI=1S/C12H14/c1-9-4-2-3-5-11(9)12-6-10(7-12)8-12/h2-5,10H,6-8H2,1H3. The van der Waals surface area contributed by atoms with Crippen molar-refractivity contribution in [2.75, 3.05) is 0 Å².